The third kappa shape index (κ3) is 35.3. The Bertz CT molecular complexity index is 820. The molecule has 0 heterocycles. The smallest absolute Gasteiger partial charge is 0.306 e. The van der Waals surface area contributed by atoms with Crippen molar-refractivity contribution in [2.24, 2.45) is 0 Å². The maximum absolute atomic E-state index is 13.2. The van der Waals surface area contributed by atoms with Gasteiger partial charge in [-0.3, -0.25) is 14.4 Å². The lowest BCUT2D eigenvalue weighted by molar-refractivity contribution is -0.144. The minimum absolute atomic E-state index is 0.0523. The summed E-state index contributed by atoms with van der Waals surface area (Å²) in [6.07, 6.45) is 31.0. The lowest BCUT2D eigenvalue weighted by Crippen LogP contribution is -2.34. The van der Waals surface area contributed by atoms with Gasteiger partial charge in [-0.1, -0.05) is 136 Å². The predicted octanol–water partition coefficient (Wildman–Crippen LogP) is 11.3. The quantitative estimate of drug-likeness (QED) is 0.0353. The fourth-order valence-corrected chi connectivity index (χ4v) is 6.99. The minimum Gasteiger partial charge on any atom is -0.466 e. The summed E-state index contributed by atoms with van der Waals surface area (Å²) in [5.74, 6) is 1.70. The van der Waals surface area contributed by atoms with Crippen LogP contribution in [-0.4, -0.2) is 85.1 Å². The second-order valence-electron chi connectivity index (χ2n) is 14.2. The number of carbonyl (C=O) groups is 3. The lowest BCUT2D eigenvalue weighted by atomic mass is 10.1. The highest BCUT2D eigenvalue weighted by Gasteiger charge is 2.13. The van der Waals surface area contributed by atoms with Gasteiger partial charge in [0.15, 0.2) is 0 Å². The largest absolute Gasteiger partial charge is 0.466 e. The van der Waals surface area contributed by atoms with Crippen molar-refractivity contribution >= 4 is 29.6 Å². The maximum atomic E-state index is 13.2. The van der Waals surface area contributed by atoms with E-state index in [0.717, 1.165) is 128 Å². The van der Waals surface area contributed by atoms with Gasteiger partial charge in [-0.2, -0.15) is 11.8 Å². The molecular formula is C43H82N2O5S. The second-order valence-corrected chi connectivity index (χ2v) is 15.3. The highest BCUT2D eigenvalue weighted by molar-refractivity contribution is 7.99. The number of esters is 2. The average Bonchev–Trinajstić information content (AvgIpc) is 3.13. The normalized spacial score (nSPS) is 11.5. The molecule has 0 aromatic rings. The van der Waals surface area contributed by atoms with Gasteiger partial charge in [0.2, 0.25) is 5.91 Å². The summed E-state index contributed by atoms with van der Waals surface area (Å²) in [5, 5.41) is 0. The first-order valence-electron chi connectivity index (χ1n) is 21.5. The predicted molar refractivity (Wildman–Crippen MR) is 220 cm³/mol. The van der Waals surface area contributed by atoms with Crippen molar-refractivity contribution in [1.82, 2.24) is 9.80 Å². The molecule has 0 atom stereocenters. The SMILES string of the molecule is CCCCCC/C=C\COC(=O)CCCCCCCN(CCCCCCCC(=O)OCCCCCCCCC)C(=O)CSCCCN(CC)CC. The van der Waals surface area contributed by atoms with Crippen LogP contribution in [0.2, 0.25) is 0 Å². The molecule has 0 aliphatic carbocycles. The Hall–Kier alpha value is -1.54. The number of thioether (sulfide) groups is 1. The van der Waals surface area contributed by atoms with E-state index in [1.165, 1.54) is 57.8 Å². The molecule has 0 unspecified atom stereocenters. The molecule has 7 nitrogen and oxygen atoms in total. The van der Waals surface area contributed by atoms with Gasteiger partial charge in [-0.05, 0) is 76.8 Å². The third-order valence-electron chi connectivity index (χ3n) is 9.60. The monoisotopic (exact) mass is 739 g/mol. The standard InChI is InChI=1S/C43H82N2O5S/c1-5-9-11-13-15-23-29-37-49-42(47)32-25-19-17-21-27-35-45(41(46)40-51-39-31-34-44(7-3)8-4)36-28-22-18-20-26-33-43(48)50-38-30-24-16-14-12-10-6-2/h23,29H,5-22,24-28,30-40H2,1-4H3/b29-23-. The molecule has 0 bridgehead atoms. The zero-order chi connectivity index (χ0) is 37.5. The van der Waals surface area contributed by atoms with Gasteiger partial charge in [-0.15, -0.1) is 0 Å². The summed E-state index contributed by atoms with van der Waals surface area (Å²) in [6.45, 7) is 14.7. The number of ether oxygens (including phenoxy) is 2. The van der Waals surface area contributed by atoms with E-state index in [-0.39, 0.29) is 17.8 Å². The molecule has 300 valence electrons. The first-order valence-corrected chi connectivity index (χ1v) is 22.7. The van der Waals surface area contributed by atoms with Gasteiger partial charge in [0.05, 0.1) is 12.4 Å². The molecule has 1 amide bonds. The van der Waals surface area contributed by atoms with Crippen molar-refractivity contribution in [3.05, 3.63) is 12.2 Å². The van der Waals surface area contributed by atoms with E-state index in [1.807, 2.05) is 6.08 Å². The number of allylic oxidation sites excluding steroid dienone is 1. The summed E-state index contributed by atoms with van der Waals surface area (Å²) < 4.78 is 10.8. The molecule has 0 spiro atoms. The molecule has 8 heteroatoms. The van der Waals surface area contributed by atoms with Crippen LogP contribution in [0.4, 0.5) is 0 Å². The Balaban J connectivity index is 4.23. The summed E-state index contributed by atoms with van der Waals surface area (Å²) in [5.41, 5.74) is 0. The third-order valence-corrected chi connectivity index (χ3v) is 10.6. The van der Waals surface area contributed by atoms with Crippen LogP contribution in [-0.2, 0) is 23.9 Å². The van der Waals surface area contributed by atoms with Crippen molar-refractivity contribution in [1.29, 1.82) is 0 Å². The molecule has 51 heavy (non-hydrogen) atoms. The van der Waals surface area contributed by atoms with Crippen molar-refractivity contribution in [2.45, 2.75) is 188 Å². The van der Waals surface area contributed by atoms with Crippen molar-refractivity contribution in [2.75, 3.05) is 57.4 Å². The van der Waals surface area contributed by atoms with Gasteiger partial charge in [0, 0.05) is 25.9 Å². The first-order chi connectivity index (χ1) is 25.0. The Kier molecular flexibility index (Phi) is 38.5. The van der Waals surface area contributed by atoms with Crippen LogP contribution in [0.25, 0.3) is 0 Å². The lowest BCUT2D eigenvalue weighted by Gasteiger charge is -2.23. The minimum atomic E-state index is -0.101. The molecule has 0 radical (unpaired) electrons. The van der Waals surface area contributed by atoms with E-state index in [2.05, 4.69) is 43.6 Å². The van der Waals surface area contributed by atoms with Gasteiger partial charge in [0.25, 0.3) is 0 Å². The molecule has 0 rings (SSSR count). The molecule has 0 N–H and O–H groups in total. The van der Waals surface area contributed by atoms with Crippen LogP contribution in [0.5, 0.6) is 0 Å². The summed E-state index contributed by atoms with van der Waals surface area (Å²) >= 11 is 1.77. The molecule has 0 aromatic carbocycles. The Morgan fingerprint density at radius 2 is 1.04 bits per heavy atom. The Labute approximate surface area is 320 Å². The zero-order valence-corrected chi connectivity index (χ0v) is 34.9. The highest BCUT2D eigenvalue weighted by atomic mass is 32.2. The fourth-order valence-electron chi connectivity index (χ4n) is 6.15. The first kappa shape index (κ1) is 49.5. The van der Waals surface area contributed by atoms with E-state index in [4.69, 9.17) is 9.47 Å². The van der Waals surface area contributed by atoms with E-state index in [0.29, 0.717) is 31.8 Å². The molecule has 0 saturated carbocycles. The van der Waals surface area contributed by atoms with Crippen LogP contribution in [0, 0.1) is 0 Å². The van der Waals surface area contributed by atoms with Crippen molar-refractivity contribution < 1.29 is 23.9 Å². The maximum Gasteiger partial charge on any atom is 0.306 e. The van der Waals surface area contributed by atoms with Crippen molar-refractivity contribution in [3.63, 3.8) is 0 Å². The van der Waals surface area contributed by atoms with E-state index in [9.17, 15) is 14.4 Å². The number of unbranched alkanes of at least 4 members (excludes halogenated alkanes) is 18. The number of nitrogens with zero attached hydrogens (tertiary/aromatic N) is 2. The summed E-state index contributed by atoms with van der Waals surface area (Å²) in [4.78, 5) is 41.8. The Morgan fingerprint density at radius 3 is 1.63 bits per heavy atom. The van der Waals surface area contributed by atoms with Crippen LogP contribution in [0.1, 0.15) is 188 Å². The highest BCUT2D eigenvalue weighted by Crippen LogP contribution is 2.13. The number of carbonyl (C=O) groups excluding carboxylic acids is 3. The average molecular weight is 739 g/mol. The van der Waals surface area contributed by atoms with E-state index < -0.39 is 0 Å². The summed E-state index contributed by atoms with van der Waals surface area (Å²) in [6, 6.07) is 0. The molecule has 0 aliphatic heterocycles. The molecule has 0 aromatic heterocycles. The molecule has 0 saturated heterocycles. The van der Waals surface area contributed by atoms with E-state index >= 15 is 0 Å². The second kappa shape index (κ2) is 39.7. The van der Waals surface area contributed by atoms with Crippen LogP contribution >= 0.6 is 11.8 Å². The Morgan fingerprint density at radius 1 is 0.529 bits per heavy atom. The molecule has 0 aliphatic rings. The van der Waals surface area contributed by atoms with Crippen LogP contribution < -0.4 is 0 Å². The number of amides is 1. The molecular weight excluding hydrogens is 657 g/mol. The van der Waals surface area contributed by atoms with Gasteiger partial charge >= 0.3 is 11.9 Å². The number of hydrogen-bond acceptors (Lipinski definition) is 7. The molecule has 0 fully saturated rings. The number of rotatable bonds is 39. The van der Waals surface area contributed by atoms with Gasteiger partial charge < -0.3 is 19.3 Å². The van der Waals surface area contributed by atoms with Gasteiger partial charge in [0.1, 0.15) is 6.61 Å². The van der Waals surface area contributed by atoms with Crippen molar-refractivity contribution in [3.8, 4) is 0 Å². The van der Waals surface area contributed by atoms with E-state index in [1.54, 1.807) is 11.8 Å². The van der Waals surface area contributed by atoms with Crippen LogP contribution in [0.3, 0.4) is 0 Å². The number of hydrogen-bond donors (Lipinski definition) is 0. The van der Waals surface area contributed by atoms with Crippen LogP contribution in [0.15, 0.2) is 12.2 Å². The van der Waals surface area contributed by atoms with Gasteiger partial charge in [-0.25, -0.2) is 0 Å². The summed E-state index contributed by atoms with van der Waals surface area (Å²) in [7, 11) is 0. The zero-order valence-electron chi connectivity index (χ0n) is 34.0. The topological polar surface area (TPSA) is 76.1 Å². The fraction of sp³-hybridized carbons (Fsp3) is 0.884.